The van der Waals surface area contributed by atoms with Gasteiger partial charge in [0, 0.05) is 16.3 Å². The van der Waals surface area contributed by atoms with Crippen molar-refractivity contribution in [2.45, 2.75) is 19.4 Å². The number of aromatic nitrogens is 1. The number of aliphatic hydroxyl groups is 1. The Labute approximate surface area is 126 Å². The molecular formula is C16H15ClN2O2. The summed E-state index contributed by atoms with van der Waals surface area (Å²) in [6, 6.07) is 9.18. The number of aromatic amines is 1. The number of primary amides is 1. The van der Waals surface area contributed by atoms with E-state index >= 15 is 0 Å². The zero-order valence-electron chi connectivity index (χ0n) is 11.7. The summed E-state index contributed by atoms with van der Waals surface area (Å²) in [5.74, 6) is -0.570. The van der Waals surface area contributed by atoms with E-state index in [-0.39, 0.29) is 5.56 Å². The van der Waals surface area contributed by atoms with Crippen LogP contribution < -0.4 is 5.73 Å². The number of hydrogen-bond acceptors (Lipinski definition) is 2. The number of rotatable bonds is 2. The van der Waals surface area contributed by atoms with Crippen molar-refractivity contribution in [3.8, 4) is 0 Å². The molecule has 1 heterocycles. The van der Waals surface area contributed by atoms with Gasteiger partial charge in [0.2, 0.25) is 0 Å². The molecule has 0 bridgehead atoms. The zero-order chi connectivity index (χ0) is 15.4. The molecular weight excluding hydrogens is 288 g/mol. The van der Waals surface area contributed by atoms with Crippen LogP contribution in [0.1, 0.15) is 29.8 Å². The summed E-state index contributed by atoms with van der Waals surface area (Å²) < 4.78 is 0. The van der Waals surface area contributed by atoms with E-state index in [0.717, 1.165) is 21.9 Å². The summed E-state index contributed by atoms with van der Waals surface area (Å²) in [6.45, 7) is 3.45. The van der Waals surface area contributed by atoms with Crippen LogP contribution in [-0.4, -0.2) is 16.0 Å². The van der Waals surface area contributed by atoms with E-state index < -0.39 is 11.5 Å². The second kappa shape index (κ2) is 4.48. The van der Waals surface area contributed by atoms with Crippen LogP contribution >= 0.6 is 11.6 Å². The first-order valence-corrected chi connectivity index (χ1v) is 6.93. The molecule has 21 heavy (non-hydrogen) atoms. The minimum Gasteiger partial charge on any atom is -0.386 e. The molecule has 4 N–H and O–H groups in total. The quantitative estimate of drug-likeness (QED) is 0.679. The standard InChI is InChI=1S/C16H15ClN2O2/c1-16(2,21)8-3-4-9-10-5-6-11(17)13(15(18)20)14(10)19-12(9)7-8/h3-7,19,21H,1-2H3,(H2,18,20). The Morgan fingerprint density at radius 2 is 1.90 bits per heavy atom. The second-order valence-electron chi connectivity index (χ2n) is 5.65. The summed E-state index contributed by atoms with van der Waals surface area (Å²) >= 11 is 6.07. The Balaban J connectivity index is 2.39. The molecule has 0 saturated heterocycles. The van der Waals surface area contributed by atoms with Gasteiger partial charge in [0.05, 0.1) is 21.7 Å². The topological polar surface area (TPSA) is 79.1 Å². The number of fused-ring (bicyclic) bond motifs is 3. The smallest absolute Gasteiger partial charge is 0.252 e. The predicted molar refractivity (Wildman–Crippen MR) is 84.6 cm³/mol. The van der Waals surface area contributed by atoms with Gasteiger partial charge >= 0.3 is 0 Å². The lowest BCUT2D eigenvalue weighted by molar-refractivity contribution is 0.0787. The van der Waals surface area contributed by atoms with Gasteiger partial charge in [0.1, 0.15) is 0 Å². The molecule has 0 saturated carbocycles. The SMILES string of the molecule is CC(C)(O)c1ccc2c(c1)[nH]c1c(C(N)=O)c(Cl)ccc12. The maximum absolute atomic E-state index is 11.6. The first kappa shape index (κ1) is 13.9. The number of hydrogen-bond donors (Lipinski definition) is 3. The normalized spacial score (nSPS) is 12.2. The number of nitrogens with two attached hydrogens (primary N) is 1. The molecule has 1 aromatic heterocycles. The van der Waals surface area contributed by atoms with Crippen molar-refractivity contribution in [1.29, 1.82) is 0 Å². The van der Waals surface area contributed by atoms with E-state index in [4.69, 9.17) is 17.3 Å². The maximum atomic E-state index is 11.6. The Kier molecular flexibility index (Phi) is 2.97. The van der Waals surface area contributed by atoms with Gasteiger partial charge in [-0.1, -0.05) is 29.8 Å². The lowest BCUT2D eigenvalue weighted by atomic mass is 9.97. The molecule has 0 aliphatic rings. The molecule has 4 nitrogen and oxygen atoms in total. The highest BCUT2D eigenvalue weighted by molar-refractivity contribution is 6.36. The number of amides is 1. The Hall–Kier alpha value is -2.04. The lowest BCUT2D eigenvalue weighted by Crippen LogP contribution is -2.14. The third-order valence-corrected chi connectivity index (χ3v) is 3.99. The molecule has 0 atom stereocenters. The number of H-pyrrole nitrogens is 1. The monoisotopic (exact) mass is 302 g/mol. The van der Waals surface area contributed by atoms with E-state index in [0.29, 0.717) is 10.5 Å². The van der Waals surface area contributed by atoms with Crippen molar-refractivity contribution in [3.05, 3.63) is 46.5 Å². The predicted octanol–water partition coefficient (Wildman–Crippen LogP) is 3.30. The van der Waals surface area contributed by atoms with Crippen LogP contribution in [0.3, 0.4) is 0 Å². The van der Waals surface area contributed by atoms with E-state index in [9.17, 15) is 9.90 Å². The first-order valence-electron chi connectivity index (χ1n) is 6.55. The second-order valence-corrected chi connectivity index (χ2v) is 6.06. The van der Waals surface area contributed by atoms with Gasteiger partial charge in [-0.05, 0) is 31.5 Å². The van der Waals surface area contributed by atoms with Crippen molar-refractivity contribution in [1.82, 2.24) is 4.98 Å². The number of benzene rings is 2. The first-order chi connectivity index (χ1) is 9.79. The lowest BCUT2D eigenvalue weighted by Gasteiger charge is -2.17. The van der Waals surface area contributed by atoms with Gasteiger partial charge in [-0.3, -0.25) is 4.79 Å². The van der Waals surface area contributed by atoms with Crippen molar-refractivity contribution in [2.24, 2.45) is 5.73 Å². The average Bonchev–Trinajstić information content (AvgIpc) is 2.73. The summed E-state index contributed by atoms with van der Waals surface area (Å²) in [6.07, 6.45) is 0. The van der Waals surface area contributed by atoms with Crippen LogP contribution in [0.15, 0.2) is 30.3 Å². The van der Waals surface area contributed by atoms with Crippen LogP contribution in [-0.2, 0) is 5.60 Å². The highest BCUT2D eigenvalue weighted by Crippen LogP contribution is 2.33. The third kappa shape index (κ3) is 2.17. The molecule has 0 fully saturated rings. The van der Waals surface area contributed by atoms with Gasteiger partial charge < -0.3 is 15.8 Å². The fourth-order valence-corrected chi connectivity index (χ4v) is 2.82. The zero-order valence-corrected chi connectivity index (χ0v) is 12.5. The van der Waals surface area contributed by atoms with E-state index in [1.165, 1.54) is 0 Å². The molecule has 2 aromatic carbocycles. The molecule has 108 valence electrons. The molecule has 0 spiro atoms. The minimum absolute atomic E-state index is 0.287. The van der Waals surface area contributed by atoms with Crippen molar-refractivity contribution < 1.29 is 9.90 Å². The van der Waals surface area contributed by atoms with Crippen molar-refractivity contribution >= 4 is 39.3 Å². The summed E-state index contributed by atoms with van der Waals surface area (Å²) in [5, 5.41) is 12.3. The Morgan fingerprint density at radius 3 is 2.52 bits per heavy atom. The maximum Gasteiger partial charge on any atom is 0.252 e. The van der Waals surface area contributed by atoms with Crippen LogP contribution in [0, 0.1) is 0 Å². The van der Waals surface area contributed by atoms with Gasteiger partial charge in [0.15, 0.2) is 0 Å². The molecule has 3 rings (SSSR count). The average molecular weight is 303 g/mol. The Morgan fingerprint density at radius 1 is 1.24 bits per heavy atom. The van der Waals surface area contributed by atoms with E-state index in [1.807, 2.05) is 24.3 Å². The summed E-state index contributed by atoms with van der Waals surface area (Å²) in [7, 11) is 0. The van der Waals surface area contributed by atoms with E-state index in [1.54, 1.807) is 19.9 Å². The minimum atomic E-state index is -0.935. The summed E-state index contributed by atoms with van der Waals surface area (Å²) in [4.78, 5) is 14.8. The van der Waals surface area contributed by atoms with Crippen LogP contribution in [0.25, 0.3) is 21.8 Å². The fourth-order valence-electron chi connectivity index (χ4n) is 2.57. The molecule has 5 heteroatoms. The number of halogens is 1. The highest BCUT2D eigenvalue weighted by atomic mass is 35.5. The van der Waals surface area contributed by atoms with Gasteiger partial charge in [-0.15, -0.1) is 0 Å². The molecule has 0 radical (unpaired) electrons. The van der Waals surface area contributed by atoms with Crippen LogP contribution in [0.5, 0.6) is 0 Å². The molecule has 1 amide bonds. The van der Waals surface area contributed by atoms with Crippen LogP contribution in [0.2, 0.25) is 5.02 Å². The third-order valence-electron chi connectivity index (χ3n) is 3.68. The van der Waals surface area contributed by atoms with Gasteiger partial charge in [-0.2, -0.15) is 0 Å². The number of nitrogens with one attached hydrogen (secondary N) is 1. The van der Waals surface area contributed by atoms with Crippen molar-refractivity contribution in [2.75, 3.05) is 0 Å². The number of carbonyl (C=O) groups excluding carboxylic acids is 1. The molecule has 0 aliphatic carbocycles. The van der Waals surface area contributed by atoms with E-state index in [2.05, 4.69) is 4.98 Å². The van der Waals surface area contributed by atoms with Crippen LogP contribution in [0.4, 0.5) is 0 Å². The largest absolute Gasteiger partial charge is 0.386 e. The van der Waals surface area contributed by atoms with Crippen molar-refractivity contribution in [3.63, 3.8) is 0 Å². The van der Waals surface area contributed by atoms with Gasteiger partial charge in [0.25, 0.3) is 5.91 Å². The number of carbonyl (C=O) groups is 1. The fraction of sp³-hybridized carbons (Fsp3) is 0.188. The molecule has 0 aliphatic heterocycles. The molecule has 3 aromatic rings. The van der Waals surface area contributed by atoms with Gasteiger partial charge in [-0.25, -0.2) is 0 Å². The summed E-state index contributed by atoms with van der Waals surface area (Å²) in [5.41, 5.74) is 7.01. The molecule has 0 unspecified atom stereocenters. The highest BCUT2D eigenvalue weighted by Gasteiger charge is 2.19. The Bertz CT molecular complexity index is 875.